The molecule has 17 heavy (non-hydrogen) atoms. The van der Waals surface area contributed by atoms with E-state index in [0.29, 0.717) is 6.61 Å². The van der Waals surface area contributed by atoms with Crippen LogP contribution in [0.4, 0.5) is 5.69 Å². The number of rotatable bonds is 4. The van der Waals surface area contributed by atoms with Gasteiger partial charge in [-0.2, -0.15) is 0 Å². The van der Waals surface area contributed by atoms with E-state index in [1.165, 1.54) is 0 Å². The van der Waals surface area contributed by atoms with E-state index in [0.717, 1.165) is 21.5 Å². The van der Waals surface area contributed by atoms with Crippen molar-refractivity contribution in [2.45, 2.75) is 6.61 Å². The van der Waals surface area contributed by atoms with Crippen molar-refractivity contribution in [3.8, 4) is 5.75 Å². The third-order valence-electron chi connectivity index (χ3n) is 2.32. The fraction of sp³-hybridized carbons (Fsp3) is 0.0769. The Hall–Kier alpha value is -1.52. The van der Waals surface area contributed by atoms with E-state index in [2.05, 4.69) is 21.4 Å². The van der Waals surface area contributed by atoms with E-state index in [4.69, 9.17) is 10.6 Å². The molecule has 3 nitrogen and oxygen atoms in total. The largest absolute Gasteiger partial charge is 0.489 e. The summed E-state index contributed by atoms with van der Waals surface area (Å²) in [7, 11) is 0. The molecule has 0 fully saturated rings. The highest BCUT2D eigenvalue weighted by Gasteiger charge is 1.97. The Morgan fingerprint density at radius 2 is 1.88 bits per heavy atom. The minimum atomic E-state index is 0.550. The number of benzene rings is 2. The minimum absolute atomic E-state index is 0.550. The normalized spacial score (nSPS) is 10.0. The first-order chi connectivity index (χ1) is 8.28. The van der Waals surface area contributed by atoms with Crippen molar-refractivity contribution >= 4 is 21.6 Å². The molecule has 0 spiro atoms. The van der Waals surface area contributed by atoms with Gasteiger partial charge in [0.15, 0.2) is 0 Å². The van der Waals surface area contributed by atoms with Crippen LogP contribution in [0.5, 0.6) is 5.75 Å². The molecule has 0 atom stereocenters. The molecule has 3 N–H and O–H groups in total. The van der Waals surface area contributed by atoms with Gasteiger partial charge in [-0.05, 0) is 42.0 Å². The molecule has 0 aliphatic rings. The maximum Gasteiger partial charge on any atom is 0.119 e. The molecule has 2 rings (SSSR count). The van der Waals surface area contributed by atoms with Gasteiger partial charge in [-0.25, -0.2) is 0 Å². The van der Waals surface area contributed by atoms with E-state index in [1.54, 1.807) is 0 Å². The Bertz CT molecular complexity index is 485. The number of ether oxygens (including phenoxy) is 1. The Labute approximate surface area is 109 Å². The third kappa shape index (κ3) is 3.47. The average Bonchev–Trinajstić information content (AvgIpc) is 2.37. The molecule has 2 aromatic carbocycles. The van der Waals surface area contributed by atoms with Crippen molar-refractivity contribution in [1.29, 1.82) is 0 Å². The SMILES string of the molecule is NNc1ccc(OCc2cccc(Br)c2)cc1. The van der Waals surface area contributed by atoms with Crippen LogP contribution in [-0.2, 0) is 6.61 Å². The smallest absolute Gasteiger partial charge is 0.119 e. The van der Waals surface area contributed by atoms with E-state index in [9.17, 15) is 0 Å². The predicted octanol–water partition coefficient (Wildman–Crippen LogP) is 3.31. The first kappa shape index (κ1) is 12.0. The van der Waals surface area contributed by atoms with E-state index in [-0.39, 0.29) is 0 Å². The van der Waals surface area contributed by atoms with E-state index < -0.39 is 0 Å². The summed E-state index contributed by atoms with van der Waals surface area (Å²) in [6.07, 6.45) is 0. The zero-order valence-electron chi connectivity index (χ0n) is 9.19. The predicted molar refractivity (Wildman–Crippen MR) is 72.7 cm³/mol. The highest BCUT2D eigenvalue weighted by Crippen LogP contribution is 2.17. The van der Waals surface area contributed by atoms with Crippen LogP contribution in [0.15, 0.2) is 53.0 Å². The monoisotopic (exact) mass is 292 g/mol. The van der Waals surface area contributed by atoms with Gasteiger partial charge < -0.3 is 10.2 Å². The molecule has 0 radical (unpaired) electrons. The lowest BCUT2D eigenvalue weighted by Crippen LogP contribution is -2.06. The molecule has 0 saturated carbocycles. The van der Waals surface area contributed by atoms with Crippen LogP contribution in [0.25, 0.3) is 0 Å². The second kappa shape index (κ2) is 5.70. The minimum Gasteiger partial charge on any atom is -0.489 e. The van der Waals surface area contributed by atoms with Crippen molar-refractivity contribution in [3.05, 3.63) is 58.6 Å². The molecule has 2 aromatic rings. The quantitative estimate of drug-likeness (QED) is 0.671. The Kier molecular flexibility index (Phi) is 4.01. The second-order valence-corrected chi connectivity index (χ2v) is 4.50. The maximum absolute atomic E-state index is 5.66. The van der Waals surface area contributed by atoms with Crippen molar-refractivity contribution in [2.24, 2.45) is 5.84 Å². The summed E-state index contributed by atoms with van der Waals surface area (Å²) in [5.74, 6) is 6.11. The topological polar surface area (TPSA) is 47.3 Å². The highest BCUT2D eigenvalue weighted by molar-refractivity contribution is 9.10. The number of anilines is 1. The third-order valence-corrected chi connectivity index (χ3v) is 2.81. The van der Waals surface area contributed by atoms with Gasteiger partial charge in [0.1, 0.15) is 12.4 Å². The first-order valence-electron chi connectivity index (χ1n) is 5.22. The summed E-state index contributed by atoms with van der Waals surface area (Å²) in [6.45, 7) is 0.550. The summed E-state index contributed by atoms with van der Waals surface area (Å²) in [4.78, 5) is 0. The van der Waals surface area contributed by atoms with Gasteiger partial charge in [0.05, 0.1) is 0 Å². The first-order valence-corrected chi connectivity index (χ1v) is 6.01. The second-order valence-electron chi connectivity index (χ2n) is 3.59. The van der Waals surface area contributed by atoms with Gasteiger partial charge in [0.2, 0.25) is 0 Å². The van der Waals surface area contributed by atoms with Crippen LogP contribution in [0.3, 0.4) is 0 Å². The van der Waals surface area contributed by atoms with Crippen molar-refractivity contribution in [1.82, 2.24) is 0 Å². The zero-order valence-corrected chi connectivity index (χ0v) is 10.8. The van der Waals surface area contributed by atoms with Crippen molar-refractivity contribution in [2.75, 3.05) is 5.43 Å². The van der Waals surface area contributed by atoms with Crippen LogP contribution >= 0.6 is 15.9 Å². The van der Waals surface area contributed by atoms with Gasteiger partial charge in [-0.1, -0.05) is 28.1 Å². The average molecular weight is 293 g/mol. The fourth-order valence-corrected chi connectivity index (χ4v) is 1.89. The molecule has 0 aliphatic carbocycles. The summed E-state index contributed by atoms with van der Waals surface area (Å²) >= 11 is 3.43. The van der Waals surface area contributed by atoms with Crippen LogP contribution < -0.4 is 16.0 Å². The lowest BCUT2D eigenvalue weighted by molar-refractivity contribution is 0.306. The lowest BCUT2D eigenvalue weighted by Gasteiger charge is -2.07. The van der Waals surface area contributed by atoms with Crippen molar-refractivity contribution < 1.29 is 4.74 Å². The number of halogens is 1. The van der Waals surface area contributed by atoms with Crippen LogP contribution in [-0.4, -0.2) is 0 Å². The summed E-state index contributed by atoms with van der Waals surface area (Å²) < 4.78 is 6.71. The Balaban J connectivity index is 1.97. The Morgan fingerprint density at radius 1 is 1.12 bits per heavy atom. The molecule has 0 aliphatic heterocycles. The lowest BCUT2D eigenvalue weighted by atomic mass is 10.2. The number of nitrogen functional groups attached to an aromatic ring is 1. The number of hydrogen-bond acceptors (Lipinski definition) is 3. The number of hydrazine groups is 1. The molecule has 0 saturated heterocycles. The molecule has 0 bridgehead atoms. The highest BCUT2D eigenvalue weighted by atomic mass is 79.9. The Morgan fingerprint density at radius 3 is 2.53 bits per heavy atom. The standard InChI is InChI=1S/C13H13BrN2O/c14-11-3-1-2-10(8-11)9-17-13-6-4-12(16-15)5-7-13/h1-8,16H,9,15H2. The van der Waals surface area contributed by atoms with Gasteiger partial charge in [0, 0.05) is 10.2 Å². The molecule has 4 heteroatoms. The summed E-state index contributed by atoms with van der Waals surface area (Å²) in [5.41, 5.74) is 4.56. The van der Waals surface area contributed by atoms with Gasteiger partial charge in [-0.15, -0.1) is 0 Å². The molecule has 88 valence electrons. The molecular weight excluding hydrogens is 280 g/mol. The van der Waals surface area contributed by atoms with Crippen LogP contribution in [0.1, 0.15) is 5.56 Å². The van der Waals surface area contributed by atoms with Gasteiger partial charge >= 0.3 is 0 Å². The van der Waals surface area contributed by atoms with Gasteiger partial charge in [0.25, 0.3) is 0 Å². The molecule has 0 unspecified atom stereocenters. The fourth-order valence-electron chi connectivity index (χ4n) is 1.44. The number of nitrogens with one attached hydrogen (secondary N) is 1. The van der Waals surface area contributed by atoms with E-state index in [1.807, 2.05) is 48.5 Å². The van der Waals surface area contributed by atoms with Gasteiger partial charge in [-0.3, -0.25) is 5.84 Å². The van der Waals surface area contributed by atoms with Crippen LogP contribution in [0, 0.1) is 0 Å². The number of hydrogen-bond donors (Lipinski definition) is 2. The molecule has 0 amide bonds. The maximum atomic E-state index is 5.66. The van der Waals surface area contributed by atoms with Crippen LogP contribution in [0.2, 0.25) is 0 Å². The zero-order chi connectivity index (χ0) is 12.1. The van der Waals surface area contributed by atoms with Crippen molar-refractivity contribution in [3.63, 3.8) is 0 Å². The van der Waals surface area contributed by atoms with E-state index >= 15 is 0 Å². The summed E-state index contributed by atoms with van der Waals surface area (Å²) in [5, 5.41) is 0. The molecule has 0 heterocycles. The molecular formula is C13H13BrN2O. The number of nitrogens with two attached hydrogens (primary N) is 1. The molecule has 0 aromatic heterocycles. The summed E-state index contributed by atoms with van der Waals surface area (Å²) in [6, 6.07) is 15.6.